The molecule has 1 N–H and O–H groups in total. The maximum absolute atomic E-state index is 3.34. The molecule has 0 saturated heterocycles. The number of H-pyrrole nitrogens is 1. The van der Waals surface area contributed by atoms with Crippen molar-refractivity contribution in [1.82, 2.24) is 9.42 Å². The van der Waals surface area contributed by atoms with Crippen LogP contribution in [0, 0.1) is 6.92 Å². The lowest BCUT2D eigenvalue weighted by Gasteiger charge is -2.08. The van der Waals surface area contributed by atoms with Gasteiger partial charge < -0.3 is 4.98 Å². The third-order valence-corrected chi connectivity index (χ3v) is 3.37. The molecule has 18 heavy (non-hydrogen) atoms. The molecule has 2 rings (SSSR count). The van der Waals surface area contributed by atoms with Crippen molar-refractivity contribution in [3.05, 3.63) is 35.5 Å². The van der Waals surface area contributed by atoms with Gasteiger partial charge in [-0.3, -0.25) is 4.44 Å². The second-order valence-corrected chi connectivity index (χ2v) is 6.08. The first kappa shape index (κ1) is 15.6. The minimum absolute atomic E-state index is 1.08. The zero-order valence-electron chi connectivity index (χ0n) is 11.5. The Morgan fingerprint density at radius 3 is 2.61 bits per heavy atom. The van der Waals surface area contributed by atoms with E-state index in [1.54, 1.807) is 0 Å². The van der Waals surface area contributed by atoms with E-state index in [4.69, 9.17) is 0 Å². The van der Waals surface area contributed by atoms with E-state index < -0.39 is 0 Å². The highest BCUT2D eigenvalue weighted by Crippen LogP contribution is 2.23. The molecule has 4 heteroatoms. The van der Waals surface area contributed by atoms with E-state index in [1.807, 2.05) is 13.8 Å². The van der Waals surface area contributed by atoms with E-state index in [-0.39, 0.29) is 0 Å². The van der Waals surface area contributed by atoms with Crippen molar-refractivity contribution in [2.24, 2.45) is 0 Å². The molecule has 0 aliphatic carbocycles. The third-order valence-electron chi connectivity index (χ3n) is 2.86. The van der Waals surface area contributed by atoms with E-state index in [1.165, 1.54) is 28.5 Å². The molecule has 2 aromatic rings. The molecule has 2 unspecified atom stereocenters. The molecule has 0 radical (unpaired) electrons. The van der Waals surface area contributed by atoms with Gasteiger partial charge in [-0.1, -0.05) is 44.8 Å². The summed E-state index contributed by atoms with van der Waals surface area (Å²) in [4.78, 5) is 3.34. The first-order chi connectivity index (χ1) is 8.68. The Labute approximate surface area is 115 Å². The Balaban J connectivity index is 0.000000771. The summed E-state index contributed by atoms with van der Waals surface area (Å²) in [6.45, 7) is 7.26. The van der Waals surface area contributed by atoms with Crippen LogP contribution in [0.3, 0.4) is 0 Å². The molecule has 1 heterocycles. The van der Waals surface area contributed by atoms with E-state index in [0.29, 0.717) is 0 Å². The minimum Gasteiger partial charge on any atom is -0.361 e. The number of aromatic nitrogens is 1. The summed E-state index contributed by atoms with van der Waals surface area (Å²) in [5.41, 5.74) is 4.05. The van der Waals surface area contributed by atoms with Gasteiger partial charge in [0.2, 0.25) is 0 Å². The van der Waals surface area contributed by atoms with E-state index >= 15 is 0 Å². The van der Waals surface area contributed by atoms with Crippen LogP contribution in [0.2, 0.25) is 0 Å². The Kier molecular flexibility index (Phi) is 6.86. The summed E-state index contributed by atoms with van der Waals surface area (Å²) in [7, 11) is 5.34. The molecule has 1 aromatic heterocycles. The SMILES string of the molecule is CC.Cc1cccc2[nH]cc(CCCN(P)P)c12. The highest BCUT2D eigenvalue weighted by atomic mass is 31.1. The summed E-state index contributed by atoms with van der Waals surface area (Å²) in [6, 6.07) is 6.42. The van der Waals surface area contributed by atoms with Crippen LogP contribution in [0.4, 0.5) is 0 Å². The van der Waals surface area contributed by atoms with Crippen molar-refractivity contribution in [3.63, 3.8) is 0 Å². The lowest BCUT2D eigenvalue weighted by atomic mass is 10.0. The van der Waals surface area contributed by atoms with Crippen LogP contribution < -0.4 is 0 Å². The number of fused-ring (bicyclic) bond motifs is 1. The van der Waals surface area contributed by atoms with Crippen LogP contribution in [0.15, 0.2) is 24.4 Å². The van der Waals surface area contributed by atoms with Crippen molar-refractivity contribution in [2.45, 2.75) is 33.6 Å². The van der Waals surface area contributed by atoms with Gasteiger partial charge in [-0.15, -0.1) is 0 Å². The monoisotopic (exact) mass is 282 g/mol. The van der Waals surface area contributed by atoms with E-state index in [0.717, 1.165) is 13.0 Å². The number of nitrogens with one attached hydrogen (secondary N) is 1. The summed E-state index contributed by atoms with van der Waals surface area (Å²) in [5, 5.41) is 1.40. The Bertz CT molecular complexity index is 478. The number of aryl methyl sites for hydroxylation is 2. The second-order valence-electron chi connectivity index (χ2n) is 4.15. The quantitative estimate of drug-likeness (QED) is 0.828. The summed E-state index contributed by atoms with van der Waals surface area (Å²) >= 11 is 0. The second kappa shape index (κ2) is 7.89. The van der Waals surface area contributed by atoms with Gasteiger partial charge in [0.1, 0.15) is 0 Å². The van der Waals surface area contributed by atoms with E-state index in [9.17, 15) is 0 Å². The number of hydrogen-bond donors (Lipinski definition) is 1. The van der Waals surface area contributed by atoms with Crippen molar-refractivity contribution in [3.8, 4) is 0 Å². The largest absolute Gasteiger partial charge is 0.361 e. The number of benzene rings is 1. The fourth-order valence-electron chi connectivity index (χ4n) is 2.10. The van der Waals surface area contributed by atoms with Gasteiger partial charge in [-0.05, 0) is 37.0 Å². The molecule has 0 saturated carbocycles. The molecule has 0 amide bonds. The zero-order valence-corrected chi connectivity index (χ0v) is 13.8. The number of nitrogens with zero attached hydrogens (tertiary/aromatic N) is 1. The molecule has 0 spiro atoms. The van der Waals surface area contributed by atoms with Gasteiger partial charge in [0.15, 0.2) is 0 Å². The van der Waals surface area contributed by atoms with Crippen LogP contribution in [-0.2, 0) is 6.42 Å². The first-order valence-corrected chi connectivity index (χ1v) is 7.54. The normalized spacial score (nSPS) is 10.6. The molecule has 2 atom stereocenters. The molecule has 1 aromatic carbocycles. The molecular weight excluding hydrogens is 258 g/mol. The molecule has 100 valence electrons. The van der Waals surface area contributed by atoms with Crippen molar-refractivity contribution in [2.75, 3.05) is 6.54 Å². The average molecular weight is 282 g/mol. The highest BCUT2D eigenvalue weighted by Gasteiger charge is 2.05. The Morgan fingerprint density at radius 2 is 1.94 bits per heavy atom. The van der Waals surface area contributed by atoms with Gasteiger partial charge >= 0.3 is 0 Å². The predicted molar refractivity (Wildman–Crippen MR) is 88.8 cm³/mol. The summed E-state index contributed by atoms with van der Waals surface area (Å²) in [6.07, 6.45) is 4.45. The van der Waals surface area contributed by atoms with E-state index in [2.05, 4.69) is 59.5 Å². The van der Waals surface area contributed by atoms with Crippen LogP contribution in [0.1, 0.15) is 31.4 Å². The van der Waals surface area contributed by atoms with Crippen LogP contribution in [-0.4, -0.2) is 16.0 Å². The van der Waals surface area contributed by atoms with Crippen LogP contribution in [0.5, 0.6) is 0 Å². The van der Waals surface area contributed by atoms with Crippen molar-refractivity contribution < 1.29 is 0 Å². The Morgan fingerprint density at radius 1 is 1.22 bits per heavy atom. The van der Waals surface area contributed by atoms with Gasteiger partial charge in [0, 0.05) is 23.6 Å². The maximum Gasteiger partial charge on any atom is 0.0459 e. The number of rotatable bonds is 4. The van der Waals surface area contributed by atoms with Gasteiger partial charge in [0.25, 0.3) is 0 Å². The van der Waals surface area contributed by atoms with Crippen molar-refractivity contribution in [1.29, 1.82) is 0 Å². The molecule has 2 nitrogen and oxygen atoms in total. The lowest BCUT2D eigenvalue weighted by molar-refractivity contribution is 0.673. The smallest absolute Gasteiger partial charge is 0.0459 e. The topological polar surface area (TPSA) is 19.0 Å². The van der Waals surface area contributed by atoms with Crippen LogP contribution in [0.25, 0.3) is 10.9 Å². The molecule has 0 bridgehead atoms. The standard InChI is InChI=1S/C12H18N2P2.C2H6/c1-9-4-2-6-11-12(9)10(8-13-11)5-3-7-14(15)16;1-2/h2,4,6,8,13H,3,5,7,15-16H2,1H3;1-2H3. The fraction of sp³-hybridized carbons (Fsp3) is 0.429. The molecule has 0 fully saturated rings. The van der Waals surface area contributed by atoms with Crippen molar-refractivity contribution >= 4 is 29.7 Å². The minimum atomic E-state index is 1.08. The highest BCUT2D eigenvalue weighted by molar-refractivity contribution is 7.30. The van der Waals surface area contributed by atoms with Crippen LogP contribution >= 0.6 is 18.8 Å². The average Bonchev–Trinajstić information content (AvgIpc) is 2.76. The summed E-state index contributed by atoms with van der Waals surface area (Å²) in [5.74, 6) is 0. The lowest BCUT2D eigenvalue weighted by Crippen LogP contribution is -1.99. The molecule has 0 aliphatic rings. The van der Waals surface area contributed by atoms with Gasteiger partial charge in [0.05, 0.1) is 0 Å². The fourth-order valence-corrected chi connectivity index (χ4v) is 2.47. The molecule has 0 aliphatic heterocycles. The maximum atomic E-state index is 3.34. The predicted octanol–water partition coefficient (Wildman–Crippen LogP) is 4.32. The van der Waals surface area contributed by atoms with Gasteiger partial charge in [-0.2, -0.15) is 0 Å². The van der Waals surface area contributed by atoms with Gasteiger partial charge in [-0.25, -0.2) is 0 Å². The zero-order chi connectivity index (χ0) is 13.5. The third kappa shape index (κ3) is 4.05. The Hall–Kier alpha value is -0.420. The number of aromatic amines is 1. The summed E-state index contributed by atoms with van der Waals surface area (Å²) < 4.78 is 2.07. The molecular formula is C14H24N2P2. The number of hydrogen-bond acceptors (Lipinski definition) is 1. The first-order valence-electron chi connectivity index (χ1n) is 6.51.